The predicted octanol–water partition coefficient (Wildman–Crippen LogP) is -1.22. The molecule has 4 heavy (non-hydrogen) atoms. The molecule has 0 rings (SSSR count). The van der Waals surface area contributed by atoms with Crippen LogP contribution in [-0.4, -0.2) is 0 Å². The van der Waals surface area contributed by atoms with Crippen LogP contribution in [0.3, 0.4) is 0 Å². The van der Waals surface area contributed by atoms with Gasteiger partial charge in [-0.1, -0.05) is 0 Å². The van der Waals surface area contributed by atoms with E-state index in [0.717, 1.165) is 0 Å². The minimum absolute atomic E-state index is 0. The van der Waals surface area contributed by atoms with Gasteiger partial charge in [-0.05, 0) is 0 Å². The monoisotopic (exact) mass is 182 g/mol. The quantitative estimate of drug-likeness (QED) is 0.250. The third-order valence-corrected chi connectivity index (χ3v) is 0. The number of rotatable bonds is 0. The maximum atomic E-state index is 4.86. The van der Waals surface area contributed by atoms with E-state index in [1.807, 2.05) is 22.6 Å². The molecule has 0 nitrogen and oxygen atoms in total. The van der Waals surface area contributed by atoms with Crippen molar-refractivity contribution < 1.29 is 18.9 Å². The van der Waals surface area contributed by atoms with Gasteiger partial charge in [0, 0.05) is 0 Å². The van der Waals surface area contributed by atoms with Crippen LogP contribution in [0.25, 0.3) is 0 Å². The van der Waals surface area contributed by atoms with Crippen molar-refractivity contribution >= 4 is 34.2 Å². The predicted molar refractivity (Wildman–Crippen MR) is 24.2 cm³/mol. The number of hydrogen-bond donors (Lipinski definition) is 0. The van der Waals surface area contributed by atoms with E-state index >= 15 is 0 Å². The fraction of sp³-hybridized carbons (Fsp3) is 0. The van der Waals surface area contributed by atoms with Crippen LogP contribution in [0.15, 0.2) is 0 Å². The number of hydrogen-bond acceptors (Lipinski definition) is 0. The molecule has 0 saturated carbocycles. The van der Waals surface area contributed by atoms with Crippen molar-refractivity contribution in [1.29, 1.82) is 0 Å². The van der Waals surface area contributed by atoms with E-state index < -0.39 is 0 Å². The molecule has 0 radical (unpaired) electrons. The van der Waals surface area contributed by atoms with Crippen molar-refractivity contribution in [2.75, 3.05) is 0 Å². The Bertz CT molecular complexity index is 8.00. The molecule has 0 bridgehead atoms. The molecule has 3 heteroatoms. The average molecular weight is 182 g/mol. The zero-order valence-corrected chi connectivity index (χ0v) is 5.25. The summed E-state index contributed by atoms with van der Waals surface area (Å²) < 4.78 is 1.44. The molecule has 0 amide bonds. The van der Waals surface area contributed by atoms with Gasteiger partial charge in [0.15, 0.2) is 0 Å². The summed E-state index contributed by atoms with van der Waals surface area (Å²) in [7, 11) is 0. The van der Waals surface area contributed by atoms with E-state index in [0.29, 0.717) is 0 Å². The average Bonchev–Trinajstić information content (AvgIpc) is 0.918. The Balaban J connectivity index is 0. The van der Waals surface area contributed by atoms with Gasteiger partial charge in [0.2, 0.25) is 0 Å². The summed E-state index contributed by atoms with van der Waals surface area (Å²) in [6.45, 7) is 0. The van der Waals surface area contributed by atoms with Crippen LogP contribution < -0.4 is 18.9 Å². The second-order valence-corrected chi connectivity index (χ2v) is 1.66. The Kier molecular flexibility index (Phi) is 20.2. The van der Waals surface area contributed by atoms with Crippen molar-refractivity contribution in [2.24, 2.45) is 0 Å². The molecule has 0 saturated heterocycles. The van der Waals surface area contributed by atoms with E-state index in [9.17, 15) is 0 Å². The van der Waals surface area contributed by atoms with Gasteiger partial charge in [-0.25, -0.2) is 0 Å². The SMILES string of the molecule is Cl[CH-]I.[Li+]. The number of halogens is 2. The maximum Gasteiger partial charge on any atom is 1.00 e. The van der Waals surface area contributed by atoms with Crippen molar-refractivity contribution in [3.63, 3.8) is 0 Å². The van der Waals surface area contributed by atoms with Crippen molar-refractivity contribution in [3.8, 4) is 0 Å². The molecule has 0 fully saturated rings. The summed E-state index contributed by atoms with van der Waals surface area (Å²) in [5.74, 6) is 0. The van der Waals surface area contributed by atoms with Crippen LogP contribution in [0, 0.1) is 3.89 Å². The van der Waals surface area contributed by atoms with Crippen LogP contribution in [0.2, 0.25) is 0 Å². The first-order valence-electron chi connectivity index (χ1n) is 0.436. The Morgan fingerprint density at radius 2 is 1.75 bits per heavy atom. The van der Waals surface area contributed by atoms with Crippen LogP contribution in [0.1, 0.15) is 0 Å². The summed E-state index contributed by atoms with van der Waals surface area (Å²) in [4.78, 5) is 0. The topological polar surface area (TPSA) is 0 Å². The summed E-state index contributed by atoms with van der Waals surface area (Å²) >= 11 is 6.79. The van der Waals surface area contributed by atoms with Crippen molar-refractivity contribution in [3.05, 3.63) is 3.89 Å². The maximum absolute atomic E-state index is 4.86. The van der Waals surface area contributed by atoms with Crippen molar-refractivity contribution in [2.45, 2.75) is 0 Å². The van der Waals surface area contributed by atoms with Crippen molar-refractivity contribution in [1.82, 2.24) is 0 Å². The van der Waals surface area contributed by atoms with Gasteiger partial charge in [0.1, 0.15) is 0 Å². The molecule has 0 aliphatic heterocycles. The minimum Gasteiger partial charge on any atom is -0.338 e. The van der Waals surface area contributed by atoms with E-state index in [4.69, 9.17) is 11.6 Å². The summed E-state index contributed by atoms with van der Waals surface area (Å²) in [6.07, 6.45) is 0. The molecule has 0 spiro atoms. The fourth-order valence-electron chi connectivity index (χ4n) is 0. The largest absolute Gasteiger partial charge is 1.00 e. The Morgan fingerprint density at radius 1 is 1.75 bits per heavy atom. The molecule has 0 aromatic heterocycles. The van der Waals surface area contributed by atoms with E-state index in [-0.39, 0.29) is 18.9 Å². The molecule has 0 unspecified atom stereocenters. The minimum atomic E-state index is 0. The first-order valence-corrected chi connectivity index (χ1v) is 2.12. The summed E-state index contributed by atoms with van der Waals surface area (Å²) in [6, 6.07) is 0. The molecule has 0 heterocycles. The first kappa shape index (κ1) is 9.15. The van der Waals surface area contributed by atoms with Gasteiger partial charge in [-0.3, -0.25) is 22.6 Å². The van der Waals surface area contributed by atoms with Crippen LogP contribution >= 0.6 is 34.2 Å². The van der Waals surface area contributed by atoms with E-state index in [1.54, 1.807) is 0 Å². The van der Waals surface area contributed by atoms with Gasteiger partial charge in [-0.2, -0.15) is 3.89 Å². The zero-order valence-electron chi connectivity index (χ0n) is 2.33. The van der Waals surface area contributed by atoms with Crippen LogP contribution in [0.4, 0.5) is 0 Å². The molecule has 0 aromatic carbocycles. The standard InChI is InChI=1S/CHClI.Li/c2-1-3;/h1H;/q-1;+1. The Morgan fingerprint density at radius 3 is 1.75 bits per heavy atom. The summed E-state index contributed by atoms with van der Waals surface area (Å²) in [5.41, 5.74) is 0. The second kappa shape index (κ2) is 8.82. The molecule has 20 valence electrons. The fourth-order valence-corrected chi connectivity index (χ4v) is 0. The normalized spacial score (nSPS) is 4.50. The van der Waals surface area contributed by atoms with Gasteiger partial charge >= 0.3 is 18.9 Å². The third kappa shape index (κ3) is 9.47. The summed E-state index contributed by atoms with van der Waals surface area (Å²) in [5, 5.41) is 0. The van der Waals surface area contributed by atoms with Gasteiger partial charge in [0.25, 0.3) is 0 Å². The van der Waals surface area contributed by atoms with Crippen LogP contribution in [0.5, 0.6) is 0 Å². The van der Waals surface area contributed by atoms with Crippen LogP contribution in [-0.2, 0) is 0 Å². The Hall–Kier alpha value is 1.62. The third-order valence-electron chi connectivity index (χ3n) is 0. The second-order valence-electron chi connectivity index (χ2n) is 0.0825. The van der Waals surface area contributed by atoms with Gasteiger partial charge in [0.05, 0.1) is 0 Å². The van der Waals surface area contributed by atoms with E-state index in [1.165, 1.54) is 3.89 Å². The molecule has 0 aromatic rings. The zero-order chi connectivity index (χ0) is 2.71. The van der Waals surface area contributed by atoms with Gasteiger partial charge < -0.3 is 11.6 Å². The molecule has 0 aliphatic carbocycles. The molecular formula is CHClILi. The molecular weight excluding hydrogens is 181 g/mol. The molecule has 0 atom stereocenters. The Labute approximate surface area is 56.6 Å². The smallest absolute Gasteiger partial charge is 0.338 e. The van der Waals surface area contributed by atoms with E-state index in [2.05, 4.69) is 0 Å². The molecule has 0 aliphatic rings. The molecule has 0 N–H and O–H groups in total. The first-order chi connectivity index (χ1) is 1.41. The van der Waals surface area contributed by atoms with Gasteiger partial charge in [-0.15, -0.1) is 0 Å².